The molecule has 0 bridgehead atoms. The van der Waals surface area contributed by atoms with Crippen molar-refractivity contribution in [1.82, 2.24) is 0 Å². The molecule has 1 heterocycles. The van der Waals surface area contributed by atoms with Gasteiger partial charge in [0, 0.05) is 17.3 Å². The molecule has 0 saturated carbocycles. The molecular formula is C8H11N. The Morgan fingerprint density at radius 1 is 1.67 bits per heavy atom. The summed E-state index contributed by atoms with van der Waals surface area (Å²) < 4.78 is 0. The molecule has 0 saturated heterocycles. The smallest absolute Gasteiger partial charge is 0.0492 e. The van der Waals surface area contributed by atoms with E-state index < -0.39 is 0 Å². The van der Waals surface area contributed by atoms with Gasteiger partial charge < -0.3 is 0 Å². The maximum atomic E-state index is 4.12. The highest BCUT2D eigenvalue weighted by atomic mass is 14.8. The van der Waals surface area contributed by atoms with Gasteiger partial charge in [0.05, 0.1) is 0 Å². The average Bonchev–Trinajstić information content (AvgIpc) is 2.08. The summed E-state index contributed by atoms with van der Waals surface area (Å²) in [7, 11) is 0. The molecule has 0 unspecified atom stereocenters. The quantitative estimate of drug-likeness (QED) is 0.504. The molecule has 0 amide bonds. The van der Waals surface area contributed by atoms with Crippen molar-refractivity contribution in [2.24, 2.45) is 10.4 Å². The highest BCUT2D eigenvalue weighted by molar-refractivity contribution is 6.01. The van der Waals surface area contributed by atoms with E-state index in [0.29, 0.717) is 0 Å². The summed E-state index contributed by atoms with van der Waals surface area (Å²) in [6, 6.07) is 0. The summed E-state index contributed by atoms with van der Waals surface area (Å²) in [5, 5.41) is 0. The van der Waals surface area contributed by atoms with Gasteiger partial charge in [0.15, 0.2) is 0 Å². The molecule has 1 heteroatoms. The van der Waals surface area contributed by atoms with Crippen LogP contribution in [0, 0.1) is 5.41 Å². The minimum Gasteiger partial charge on any atom is -0.261 e. The lowest BCUT2D eigenvalue weighted by Gasteiger charge is -2.14. The topological polar surface area (TPSA) is 12.4 Å². The third kappa shape index (κ3) is 0.947. The predicted octanol–water partition coefficient (Wildman–Crippen LogP) is 2.17. The fourth-order valence-corrected chi connectivity index (χ4v) is 0.871. The van der Waals surface area contributed by atoms with Gasteiger partial charge in [0.2, 0.25) is 0 Å². The summed E-state index contributed by atoms with van der Waals surface area (Å²) in [5.41, 5.74) is 1.17. The number of hydrogen-bond donors (Lipinski definition) is 0. The van der Waals surface area contributed by atoms with Crippen molar-refractivity contribution in [3.63, 3.8) is 0 Å². The van der Waals surface area contributed by atoms with E-state index in [9.17, 15) is 0 Å². The van der Waals surface area contributed by atoms with Crippen molar-refractivity contribution >= 4 is 5.71 Å². The molecule has 0 aliphatic carbocycles. The lowest BCUT2D eigenvalue weighted by Crippen LogP contribution is -2.15. The van der Waals surface area contributed by atoms with E-state index in [1.54, 1.807) is 6.08 Å². The maximum Gasteiger partial charge on any atom is 0.0492 e. The lowest BCUT2D eigenvalue weighted by molar-refractivity contribution is 0.692. The summed E-state index contributed by atoms with van der Waals surface area (Å²) in [5.74, 6) is 0. The molecule has 0 aromatic rings. The van der Waals surface area contributed by atoms with E-state index in [4.69, 9.17) is 0 Å². The van der Waals surface area contributed by atoms with E-state index in [1.807, 2.05) is 6.20 Å². The fourth-order valence-electron chi connectivity index (χ4n) is 0.871. The van der Waals surface area contributed by atoms with Crippen LogP contribution >= 0.6 is 0 Å². The second kappa shape index (κ2) is 1.83. The third-order valence-electron chi connectivity index (χ3n) is 1.56. The minimum absolute atomic E-state index is 0.113. The van der Waals surface area contributed by atoms with Gasteiger partial charge in [0.25, 0.3) is 0 Å². The summed E-state index contributed by atoms with van der Waals surface area (Å²) in [6.07, 6.45) is 5.71. The monoisotopic (exact) mass is 121 g/mol. The van der Waals surface area contributed by atoms with Gasteiger partial charge in [-0.1, -0.05) is 26.5 Å². The van der Waals surface area contributed by atoms with Gasteiger partial charge in [0.1, 0.15) is 0 Å². The van der Waals surface area contributed by atoms with Gasteiger partial charge in [-0.25, -0.2) is 0 Å². The summed E-state index contributed by atoms with van der Waals surface area (Å²) >= 11 is 0. The van der Waals surface area contributed by atoms with Gasteiger partial charge in [-0.15, -0.1) is 0 Å². The standard InChI is InChI=1S/C8H11N/c1-4-7-8(2,3)5-6-9-7/h4-6H,1H2,2-3H3. The zero-order chi connectivity index (χ0) is 6.91. The number of nitrogens with zero attached hydrogens (tertiary/aromatic N) is 1. The molecule has 0 aromatic heterocycles. The maximum absolute atomic E-state index is 4.12. The van der Waals surface area contributed by atoms with Gasteiger partial charge in [-0.2, -0.15) is 0 Å². The average molecular weight is 121 g/mol. The van der Waals surface area contributed by atoms with E-state index >= 15 is 0 Å². The highest BCUT2D eigenvalue weighted by Gasteiger charge is 2.21. The Bertz CT molecular complexity index is 185. The molecule has 9 heavy (non-hydrogen) atoms. The number of rotatable bonds is 1. The normalized spacial score (nSPS) is 21.8. The third-order valence-corrected chi connectivity index (χ3v) is 1.56. The Morgan fingerprint density at radius 3 is 2.56 bits per heavy atom. The molecule has 48 valence electrons. The van der Waals surface area contributed by atoms with Gasteiger partial charge in [-0.05, 0) is 6.08 Å². The van der Waals surface area contributed by atoms with Crippen LogP contribution in [0.25, 0.3) is 0 Å². The van der Waals surface area contributed by atoms with Crippen molar-refractivity contribution in [2.75, 3.05) is 0 Å². The number of hydrogen-bond acceptors (Lipinski definition) is 1. The first kappa shape index (κ1) is 6.27. The Morgan fingerprint density at radius 2 is 2.33 bits per heavy atom. The van der Waals surface area contributed by atoms with Crippen molar-refractivity contribution in [3.05, 3.63) is 24.9 Å². The van der Waals surface area contributed by atoms with E-state index in [0.717, 1.165) is 5.71 Å². The number of aliphatic imine (C=N–C) groups is 1. The van der Waals surface area contributed by atoms with Crippen molar-refractivity contribution < 1.29 is 0 Å². The first-order valence-corrected chi connectivity index (χ1v) is 3.05. The van der Waals surface area contributed by atoms with Crippen LogP contribution in [0.5, 0.6) is 0 Å². The minimum atomic E-state index is 0.113. The van der Waals surface area contributed by atoms with Crippen molar-refractivity contribution in [2.45, 2.75) is 13.8 Å². The molecular weight excluding hydrogens is 110 g/mol. The van der Waals surface area contributed by atoms with Crippen LogP contribution in [0.1, 0.15) is 13.8 Å². The van der Waals surface area contributed by atoms with E-state index in [-0.39, 0.29) is 5.41 Å². The van der Waals surface area contributed by atoms with Crippen molar-refractivity contribution in [3.8, 4) is 0 Å². The zero-order valence-corrected chi connectivity index (χ0v) is 5.89. The molecule has 1 aliphatic heterocycles. The molecule has 0 atom stereocenters. The van der Waals surface area contributed by atoms with Crippen LogP contribution < -0.4 is 0 Å². The first-order chi connectivity index (χ1) is 4.17. The van der Waals surface area contributed by atoms with Crippen LogP contribution in [0.4, 0.5) is 0 Å². The predicted molar refractivity (Wildman–Crippen MR) is 40.6 cm³/mol. The van der Waals surface area contributed by atoms with Gasteiger partial charge >= 0.3 is 0 Å². The van der Waals surface area contributed by atoms with Gasteiger partial charge in [-0.3, -0.25) is 4.99 Å². The van der Waals surface area contributed by atoms with Crippen LogP contribution in [0.15, 0.2) is 29.9 Å². The first-order valence-electron chi connectivity index (χ1n) is 3.05. The Hall–Kier alpha value is -0.850. The SMILES string of the molecule is C=CC1=NC=CC1(C)C. The summed E-state index contributed by atoms with van der Waals surface area (Å²) in [4.78, 5) is 4.12. The van der Waals surface area contributed by atoms with Crippen LogP contribution in [-0.2, 0) is 0 Å². The van der Waals surface area contributed by atoms with Crippen molar-refractivity contribution in [1.29, 1.82) is 0 Å². The molecule has 1 rings (SSSR count). The molecule has 0 aromatic carbocycles. The lowest BCUT2D eigenvalue weighted by atomic mass is 9.89. The Labute approximate surface area is 55.8 Å². The summed E-state index contributed by atoms with van der Waals surface area (Å²) in [6.45, 7) is 7.91. The highest BCUT2D eigenvalue weighted by Crippen LogP contribution is 2.24. The second-order valence-electron chi connectivity index (χ2n) is 2.76. The van der Waals surface area contributed by atoms with E-state index in [2.05, 4.69) is 31.5 Å². The Kier molecular flexibility index (Phi) is 1.28. The fraction of sp³-hybridized carbons (Fsp3) is 0.375. The molecule has 0 fully saturated rings. The van der Waals surface area contributed by atoms with E-state index in [1.165, 1.54) is 0 Å². The Balaban J connectivity index is 2.91. The van der Waals surface area contributed by atoms with Crippen LogP contribution in [0.3, 0.4) is 0 Å². The van der Waals surface area contributed by atoms with Crippen LogP contribution in [0.2, 0.25) is 0 Å². The molecule has 0 radical (unpaired) electrons. The molecule has 0 spiro atoms. The molecule has 1 nitrogen and oxygen atoms in total. The molecule has 0 N–H and O–H groups in total. The number of allylic oxidation sites excluding steroid dienone is 2. The zero-order valence-electron chi connectivity index (χ0n) is 5.89. The second-order valence-corrected chi connectivity index (χ2v) is 2.76. The van der Waals surface area contributed by atoms with Crippen LogP contribution in [-0.4, -0.2) is 5.71 Å². The largest absolute Gasteiger partial charge is 0.261 e. The molecule has 1 aliphatic rings.